The summed E-state index contributed by atoms with van der Waals surface area (Å²) in [6, 6.07) is 6.25. The number of hydrogen-bond acceptors (Lipinski definition) is 2. The van der Waals surface area contributed by atoms with Crippen LogP contribution in [0.1, 0.15) is 32.8 Å². The molecule has 0 amide bonds. The fraction of sp³-hybridized carbons (Fsp3) is 0.600. The van der Waals surface area contributed by atoms with E-state index >= 15 is 0 Å². The van der Waals surface area contributed by atoms with Gasteiger partial charge >= 0.3 is 0 Å². The third kappa shape index (κ3) is 3.07. The molecule has 0 bridgehead atoms. The lowest BCUT2D eigenvalue weighted by atomic mass is 9.86. The molecule has 0 radical (unpaired) electrons. The number of piperidine rings is 1. The molecule has 1 N–H and O–H groups in total. The maximum atomic E-state index is 9.94. The lowest BCUT2D eigenvalue weighted by molar-refractivity contribution is 0.0722. The molecule has 2 nitrogen and oxygen atoms in total. The number of likely N-dealkylation sites (tertiary alicyclic amines) is 1. The standard InChI is InChI=1S/C15H22BrNO/c1-10-6-11(2)12(3)17(8-10)9-13-7-14(16)4-5-15(13)18/h4-5,7,10-12,18H,6,8-9H2,1-3H3. The van der Waals surface area contributed by atoms with E-state index in [1.807, 2.05) is 12.1 Å². The van der Waals surface area contributed by atoms with Gasteiger partial charge in [-0.05, 0) is 43.4 Å². The van der Waals surface area contributed by atoms with Gasteiger partial charge in [-0.25, -0.2) is 0 Å². The van der Waals surface area contributed by atoms with Crippen LogP contribution in [0.25, 0.3) is 0 Å². The van der Waals surface area contributed by atoms with Crippen molar-refractivity contribution < 1.29 is 5.11 Å². The van der Waals surface area contributed by atoms with E-state index in [2.05, 4.69) is 41.6 Å². The van der Waals surface area contributed by atoms with Crippen molar-refractivity contribution in [3.63, 3.8) is 0 Å². The highest BCUT2D eigenvalue weighted by molar-refractivity contribution is 9.10. The first kappa shape index (κ1) is 13.9. The second-order valence-electron chi connectivity index (χ2n) is 5.76. The molecule has 0 spiro atoms. The van der Waals surface area contributed by atoms with E-state index in [0.717, 1.165) is 35.0 Å². The minimum Gasteiger partial charge on any atom is -0.508 e. The first-order valence-electron chi connectivity index (χ1n) is 6.68. The van der Waals surface area contributed by atoms with Gasteiger partial charge in [-0.15, -0.1) is 0 Å². The number of halogens is 1. The molecular weight excluding hydrogens is 290 g/mol. The van der Waals surface area contributed by atoms with E-state index in [0.29, 0.717) is 11.8 Å². The minimum atomic E-state index is 0.399. The summed E-state index contributed by atoms with van der Waals surface area (Å²) >= 11 is 3.47. The first-order valence-corrected chi connectivity index (χ1v) is 7.48. The van der Waals surface area contributed by atoms with Gasteiger partial charge in [0, 0.05) is 29.2 Å². The van der Waals surface area contributed by atoms with Crippen LogP contribution in [-0.2, 0) is 6.54 Å². The average Bonchev–Trinajstić information content (AvgIpc) is 2.30. The van der Waals surface area contributed by atoms with Crippen LogP contribution in [-0.4, -0.2) is 22.6 Å². The minimum absolute atomic E-state index is 0.399. The molecule has 1 aliphatic rings. The first-order chi connectivity index (χ1) is 8.47. The Morgan fingerprint density at radius 3 is 2.78 bits per heavy atom. The summed E-state index contributed by atoms with van der Waals surface area (Å²) < 4.78 is 1.03. The molecule has 0 saturated carbocycles. The molecule has 3 heteroatoms. The van der Waals surface area contributed by atoms with Crippen LogP contribution in [0.2, 0.25) is 0 Å². The highest BCUT2D eigenvalue weighted by atomic mass is 79.9. The van der Waals surface area contributed by atoms with E-state index in [1.165, 1.54) is 6.42 Å². The fourth-order valence-corrected chi connectivity index (χ4v) is 3.35. The maximum absolute atomic E-state index is 9.94. The van der Waals surface area contributed by atoms with Gasteiger partial charge in [-0.1, -0.05) is 29.8 Å². The number of phenolic OH excluding ortho intramolecular Hbond substituents is 1. The van der Waals surface area contributed by atoms with Crippen LogP contribution in [0.4, 0.5) is 0 Å². The van der Waals surface area contributed by atoms with Gasteiger partial charge < -0.3 is 5.11 Å². The molecule has 100 valence electrons. The van der Waals surface area contributed by atoms with Crippen molar-refractivity contribution in [3.8, 4) is 5.75 Å². The lowest BCUT2D eigenvalue weighted by Gasteiger charge is -2.41. The fourth-order valence-electron chi connectivity index (χ4n) is 2.94. The number of benzene rings is 1. The quantitative estimate of drug-likeness (QED) is 0.891. The van der Waals surface area contributed by atoms with Crippen molar-refractivity contribution in [1.29, 1.82) is 0 Å². The summed E-state index contributed by atoms with van der Waals surface area (Å²) in [6.45, 7) is 8.90. The van der Waals surface area contributed by atoms with E-state index in [9.17, 15) is 5.11 Å². The number of phenols is 1. The van der Waals surface area contributed by atoms with Crippen LogP contribution < -0.4 is 0 Å². The molecule has 1 saturated heterocycles. The van der Waals surface area contributed by atoms with E-state index in [-0.39, 0.29) is 0 Å². The lowest BCUT2D eigenvalue weighted by Crippen LogP contribution is -2.45. The second-order valence-corrected chi connectivity index (χ2v) is 6.68. The third-order valence-corrected chi connectivity index (χ3v) is 4.63. The molecule has 3 unspecified atom stereocenters. The van der Waals surface area contributed by atoms with E-state index in [4.69, 9.17) is 0 Å². The van der Waals surface area contributed by atoms with Gasteiger partial charge in [0.1, 0.15) is 5.75 Å². The van der Waals surface area contributed by atoms with Crippen molar-refractivity contribution in [2.75, 3.05) is 6.54 Å². The summed E-state index contributed by atoms with van der Waals surface area (Å²) in [5.74, 6) is 1.87. The Kier molecular flexibility index (Phi) is 4.33. The Labute approximate surface area is 118 Å². The Morgan fingerprint density at radius 2 is 2.06 bits per heavy atom. The van der Waals surface area contributed by atoms with Crippen molar-refractivity contribution in [2.45, 2.75) is 39.8 Å². The maximum Gasteiger partial charge on any atom is 0.120 e. The molecule has 3 atom stereocenters. The zero-order chi connectivity index (χ0) is 13.3. The van der Waals surface area contributed by atoms with Gasteiger partial charge in [0.25, 0.3) is 0 Å². The van der Waals surface area contributed by atoms with E-state index in [1.54, 1.807) is 6.07 Å². The number of rotatable bonds is 2. The zero-order valence-corrected chi connectivity index (χ0v) is 12.9. The summed E-state index contributed by atoms with van der Waals surface area (Å²) in [7, 11) is 0. The van der Waals surface area contributed by atoms with Crippen molar-refractivity contribution in [3.05, 3.63) is 28.2 Å². The van der Waals surface area contributed by atoms with Gasteiger partial charge in [-0.3, -0.25) is 4.90 Å². The number of nitrogens with zero attached hydrogens (tertiary/aromatic N) is 1. The summed E-state index contributed by atoms with van der Waals surface area (Å²) in [5.41, 5.74) is 1.01. The third-order valence-electron chi connectivity index (χ3n) is 4.13. The Hall–Kier alpha value is -0.540. The topological polar surface area (TPSA) is 23.5 Å². The molecule has 1 heterocycles. The molecule has 2 rings (SSSR count). The molecule has 1 fully saturated rings. The smallest absolute Gasteiger partial charge is 0.120 e. The van der Waals surface area contributed by atoms with Gasteiger partial charge in [0.05, 0.1) is 0 Å². The molecule has 0 aliphatic carbocycles. The Balaban J connectivity index is 2.14. The highest BCUT2D eigenvalue weighted by Gasteiger charge is 2.28. The normalized spacial score (nSPS) is 29.4. The van der Waals surface area contributed by atoms with Crippen LogP contribution in [0.3, 0.4) is 0 Å². The summed E-state index contributed by atoms with van der Waals surface area (Å²) in [5, 5.41) is 9.94. The van der Waals surface area contributed by atoms with Gasteiger partial charge in [0.2, 0.25) is 0 Å². The highest BCUT2D eigenvalue weighted by Crippen LogP contribution is 2.30. The molecule has 1 aromatic rings. The number of hydrogen-bond donors (Lipinski definition) is 1. The summed E-state index contributed by atoms with van der Waals surface area (Å²) in [4.78, 5) is 2.49. The SMILES string of the molecule is CC1CC(C)C(C)N(Cc2cc(Br)ccc2O)C1. The van der Waals surface area contributed by atoms with Crippen LogP contribution in [0.15, 0.2) is 22.7 Å². The predicted octanol–water partition coefficient (Wildman–Crippen LogP) is 4.02. The Morgan fingerprint density at radius 1 is 1.33 bits per heavy atom. The molecule has 1 aliphatic heterocycles. The summed E-state index contributed by atoms with van der Waals surface area (Å²) in [6.07, 6.45) is 1.31. The van der Waals surface area contributed by atoms with Crippen LogP contribution in [0, 0.1) is 11.8 Å². The molecule has 18 heavy (non-hydrogen) atoms. The average molecular weight is 312 g/mol. The molecule has 1 aromatic carbocycles. The largest absolute Gasteiger partial charge is 0.508 e. The molecular formula is C15H22BrNO. The Bertz CT molecular complexity index is 421. The van der Waals surface area contributed by atoms with Crippen molar-refractivity contribution >= 4 is 15.9 Å². The van der Waals surface area contributed by atoms with Crippen molar-refractivity contribution in [1.82, 2.24) is 4.90 Å². The van der Waals surface area contributed by atoms with Gasteiger partial charge in [-0.2, -0.15) is 0 Å². The monoisotopic (exact) mass is 311 g/mol. The molecule has 0 aromatic heterocycles. The van der Waals surface area contributed by atoms with E-state index < -0.39 is 0 Å². The van der Waals surface area contributed by atoms with Crippen LogP contribution in [0.5, 0.6) is 5.75 Å². The van der Waals surface area contributed by atoms with Crippen molar-refractivity contribution in [2.24, 2.45) is 11.8 Å². The van der Waals surface area contributed by atoms with Gasteiger partial charge in [0.15, 0.2) is 0 Å². The van der Waals surface area contributed by atoms with Crippen LogP contribution >= 0.6 is 15.9 Å². The number of aromatic hydroxyl groups is 1. The second kappa shape index (κ2) is 5.62. The predicted molar refractivity (Wildman–Crippen MR) is 78.6 cm³/mol. The zero-order valence-electron chi connectivity index (χ0n) is 11.4.